The summed E-state index contributed by atoms with van der Waals surface area (Å²) < 4.78 is 34.8. The number of alkyl halides is 2. The SMILES string of the molecule is O=C(c1cccc2cn[nH]c12)N1CCC(F)(F)C(Oc2ccc3ccccc3n2)C1. The highest BCUT2D eigenvalue weighted by molar-refractivity contribution is 6.05. The van der Waals surface area contributed by atoms with Crippen molar-refractivity contribution in [2.45, 2.75) is 18.4 Å². The van der Waals surface area contributed by atoms with Gasteiger partial charge in [-0.25, -0.2) is 13.8 Å². The Morgan fingerprint density at radius 1 is 1.10 bits per heavy atom. The van der Waals surface area contributed by atoms with Gasteiger partial charge in [0.2, 0.25) is 5.88 Å². The molecule has 2 aromatic heterocycles. The Morgan fingerprint density at radius 2 is 1.93 bits per heavy atom. The van der Waals surface area contributed by atoms with Crippen molar-refractivity contribution in [3.05, 3.63) is 66.4 Å². The number of likely N-dealkylation sites (tertiary alicyclic amines) is 1. The number of aromatic nitrogens is 3. The average molecular weight is 408 g/mol. The van der Waals surface area contributed by atoms with E-state index in [4.69, 9.17) is 4.74 Å². The lowest BCUT2D eigenvalue weighted by Gasteiger charge is -2.38. The zero-order chi connectivity index (χ0) is 20.7. The number of piperidine rings is 1. The van der Waals surface area contributed by atoms with Crippen LogP contribution >= 0.6 is 0 Å². The molecule has 3 heterocycles. The molecule has 1 unspecified atom stereocenters. The minimum atomic E-state index is -3.07. The quantitative estimate of drug-likeness (QED) is 0.555. The third-order valence-electron chi connectivity index (χ3n) is 5.40. The number of carbonyl (C=O) groups is 1. The number of fused-ring (bicyclic) bond motifs is 2. The summed E-state index contributed by atoms with van der Waals surface area (Å²) in [4.78, 5) is 18.8. The van der Waals surface area contributed by atoms with E-state index in [2.05, 4.69) is 15.2 Å². The number of H-pyrrole nitrogens is 1. The molecular formula is C22H18F2N4O2. The summed E-state index contributed by atoms with van der Waals surface area (Å²) in [5.74, 6) is -3.28. The molecule has 0 bridgehead atoms. The lowest BCUT2D eigenvalue weighted by atomic mass is 10.0. The molecule has 152 valence electrons. The molecule has 6 nitrogen and oxygen atoms in total. The summed E-state index contributed by atoms with van der Waals surface area (Å²) in [6.07, 6.45) is -0.339. The van der Waals surface area contributed by atoms with Crippen molar-refractivity contribution >= 4 is 27.7 Å². The maximum Gasteiger partial charge on any atom is 0.287 e. The molecule has 2 aromatic carbocycles. The fourth-order valence-corrected chi connectivity index (χ4v) is 3.75. The predicted molar refractivity (Wildman–Crippen MR) is 108 cm³/mol. The van der Waals surface area contributed by atoms with Gasteiger partial charge in [-0.3, -0.25) is 9.89 Å². The Bertz CT molecular complexity index is 1240. The van der Waals surface area contributed by atoms with Gasteiger partial charge in [-0.15, -0.1) is 0 Å². The second-order valence-electron chi connectivity index (χ2n) is 7.35. The van der Waals surface area contributed by atoms with E-state index in [0.717, 1.165) is 10.8 Å². The Labute approximate surface area is 170 Å². The molecule has 1 aliphatic rings. The molecule has 0 radical (unpaired) electrons. The summed E-state index contributed by atoms with van der Waals surface area (Å²) in [7, 11) is 0. The van der Waals surface area contributed by atoms with Crippen molar-refractivity contribution in [1.82, 2.24) is 20.1 Å². The standard InChI is InChI=1S/C22H18F2N4O2/c23-22(24)10-11-28(21(29)16-6-3-5-15-12-25-27-20(15)16)13-18(22)30-19-9-8-14-4-1-2-7-17(14)26-19/h1-9,12,18H,10-11,13H2,(H,25,27). The van der Waals surface area contributed by atoms with Crippen molar-refractivity contribution in [2.75, 3.05) is 13.1 Å². The zero-order valence-corrected chi connectivity index (χ0v) is 15.9. The molecule has 5 rings (SSSR count). The number of halogens is 2. The normalized spacial score (nSPS) is 18.6. The van der Waals surface area contributed by atoms with Gasteiger partial charge in [-0.1, -0.05) is 30.3 Å². The van der Waals surface area contributed by atoms with Crippen LogP contribution in [-0.2, 0) is 0 Å². The number of hydrogen-bond donors (Lipinski definition) is 1. The van der Waals surface area contributed by atoms with E-state index < -0.39 is 18.4 Å². The number of hydrogen-bond acceptors (Lipinski definition) is 4. The van der Waals surface area contributed by atoms with Crippen molar-refractivity contribution in [3.8, 4) is 5.88 Å². The smallest absolute Gasteiger partial charge is 0.287 e. The predicted octanol–water partition coefficient (Wildman–Crippen LogP) is 4.04. The number of nitrogens with one attached hydrogen (secondary N) is 1. The third-order valence-corrected chi connectivity index (χ3v) is 5.40. The van der Waals surface area contributed by atoms with E-state index in [1.165, 1.54) is 4.90 Å². The number of pyridine rings is 1. The van der Waals surface area contributed by atoms with Gasteiger partial charge in [0, 0.05) is 29.8 Å². The van der Waals surface area contributed by atoms with Gasteiger partial charge in [0.05, 0.1) is 29.3 Å². The van der Waals surface area contributed by atoms with Crippen LogP contribution in [0.2, 0.25) is 0 Å². The third kappa shape index (κ3) is 3.24. The van der Waals surface area contributed by atoms with Crippen molar-refractivity contribution in [1.29, 1.82) is 0 Å². The number of benzene rings is 2. The average Bonchev–Trinajstić information content (AvgIpc) is 3.23. The Morgan fingerprint density at radius 3 is 2.83 bits per heavy atom. The van der Waals surface area contributed by atoms with Crippen LogP contribution in [0.4, 0.5) is 8.78 Å². The number of ether oxygens (including phenoxy) is 1. The number of amides is 1. The van der Waals surface area contributed by atoms with Gasteiger partial charge in [0.25, 0.3) is 11.8 Å². The number of rotatable bonds is 3. The van der Waals surface area contributed by atoms with E-state index in [9.17, 15) is 13.6 Å². The Hall–Kier alpha value is -3.55. The molecule has 1 N–H and O–H groups in total. The van der Waals surface area contributed by atoms with Crippen molar-refractivity contribution in [2.24, 2.45) is 0 Å². The van der Waals surface area contributed by atoms with E-state index in [-0.39, 0.29) is 24.9 Å². The molecule has 30 heavy (non-hydrogen) atoms. The largest absolute Gasteiger partial charge is 0.466 e. The van der Waals surface area contributed by atoms with Gasteiger partial charge in [-0.05, 0) is 18.2 Å². The molecule has 1 aliphatic heterocycles. The minimum absolute atomic E-state index is 0.0542. The lowest BCUT2D eigenvalue weighted by molar-refractivity contribution is -0.131. The van der Waals surface area contributed by atoms with Crippen LogP contribution in [0.25, 0.3) is 21.8 Å². The molecule has 1 atom stereocenters. The van der Waals surface area contributed by atoms with E-state index in [1.54, 1.807) is 36.5 Å². The highest BCUT2D eigenvalue weighted by Gasteiger charge is 2.47. The van der Waals surface area contributed by atoms with E-state index >= 15 is 0 Å². The van der Waals surface area contributed by atoms with Gasteiger partial charge in [0.15, 0.2) is 6.10 Å². The monoisotopic (exact) mass is 408 g/mol. The Kier molecular flexibility index (Phi) is 4.34. The summed E-state index contributed by atoms with van der Waals surface area (Å²) >= 11 is 0. The highest BCUT2D eigenvalue weighted by atomic mass is 19.3. The fraction of sp³-hybridized carbons (Fsp3) is 0.227. The molecule has 0 spiro atoms. The van der Waals surface area contributed by atoms with Gasteiger partial charge in [0.1, 0.15) is 0 Å². The van der Waals surface area contributed by atoms with Crippen LogP contribution in [-0.4, -0.2) is 51.1 Å². The molecule has 1 saturated heterocycles. The lowest BCUT2D eigenvalue weighted by Crippen LogP contribution is -2.55. The van der Waals surface area contributed by atoms with Crippen molar-refractivity contribution < 1.29 is 18.3 Å². The van der Waals surface area contributed by atoms with E-state index in [1.807, 2.05) is 24.3 Å². The number of para-hydroxylation sites is 2. The number of aromatic amines is 1. The van der Waals surface area contributed by atoms with Crippen LogP contribution < -0.4 is 4.74 Å². The van der Waals surface area contributed by atoms with Gasteiger partial charge in [-0.2, -0.15) is 5.10 Å². The van der Waals surface area contributed by atoms with Crippen LogP contribution in [0.3, 0.4) is 0 Å². The first-order chi connectivity index (χ1) is 14.5. The van der Waals surface area contributed by atoms with Crippen LogP contribution in [0.1, 0.15) is 16.8 Å². The molecule has 1 amide bonds. The fourth-order valence-electron chi connectivity index (χ4n) is 3.75. The molecule has 1 fully saturated rings. The number of carbonyl (C=O) groups excluding carboxylic acids is 1. The Balaban J connectivity index is 1.40. The highest BCUT2D eigenvalue weighted by Crippen LogP contribution is 2.33. The zero-order valence-electron chi connectivity index (χ0n) is 15.9. The molecule has 8 heteroatoms. The van der Waals surface area contributed by atoms with Crippen LogP contribution in [0.5, 0.6) is 5.88 Å². The van der Waals surface area contributed by atoms with E-state index in [0.29, 0.717) is 16.6 Å². The molecule has 4 aromatic rings. The van der Waals surface area contributed by atoms with Crippen molar-refractivity contribution in [3.63, 3.8) is 0 Å². The molecule has 0 aliphatic carbocycles. The molecular weight excluding hydrogens is 390 g/mol. The maximum atomic E-state index is 14.6. The first-order valence-corrected chi connectivity index (χ1v) is 9.63. The summed E-state index contributed by atoms with van der Waals surface area (Å²) in [5, 5.41) is 8.45. The summed E-state index contributed by atoms with van der Waals surface area (Å²) in [6.45, 7) is -0.285. The topological polar surface area (TPSA) is 71.1 Å². The van der Waals surface area contributed by atoms with Gasteiger partial charge >= 0.3 is 0 Å². The first-order valence-electron chi connectivity index (χ1n) is 9.63. The minimum Gasteiger partial charge on any atom is -0.466 e. The summed E-state index contributed by atoms with van der Waals surface area (Å²) in [6, 6.07) is 16.0. The van der Waals surface area contributed by atoms with Crippen LogP contribution in [0.15, 0.2) is 60.8 Å². The van der Waals surface area contributed by atoms with Gasteiger partial charge < -0.3 is 9.64 Å². The second kappa shape index (κ2) is 7.05. The van der Waals surface area contributed by atoms with Crippen LogP contribution in [0, 0.1) is 0 Å². The molecule has 0 saturated carbocycles. The summed E-state index contributed by atoms with van der Waals surface area (Å²) in [5.41, 5.74) is 1.65. The number of nitrogens with zero attached hydrogens (tertiary/aromatic N) is 3. The first kappa shape index (κ1) is 18.5. The second-order valence-corrected chi connectivity index (χ2v) is 7.35. The maximum absolute atomic E-state index is 14.6.